The van der Waals surface area contributed by atoms with E-state index in [1.54, 1.807) is 13.8 Å². The van der Waals surface area contributed by atoms with Gasteiger partial charge in [0.05, 0.1) is 13.2 Å². The summed E-state index contributed by atoms with van der Waals surface area (Å²) in [5, 5.41) is 0. The van der Waals surface area contributed by atoms with Crippen molar-refractivity contribution in [1.82, 2.24) is 0 Å². The Morgan fingerprint density at radius 3 is 1.95 bits per heavy atom. The van der Waals surface area contributed by atoms with Crippen LogP contribution in [-0.2, 0) is 19.1 Å². The zero-order valence-corrected chi connectivity index (χ0v) is 12.7. The van der Waals surface area contributed by atoms with Gasteiger partial charge in [-0.05, 0) is 44.4 Å². The first-order valence-electron chi connectivity index (χ1n) is 7.25. The molecule has 0 bridgehead atoms. The van der Waals surface area contributed by atoms with Crippen molar-refractivity contribution in [3.8, 4) is 0 Å². The Kier molecular flexibility index (Phi) is 4.99. The molecule has 0 saturated heterocycles. The maximum atomic E-state index is 12.5. The second-order valence-corrected chi connectivity index (χ2v) is 5.56. The van der Waals surface area contributed by atoms with Crippen LogP contribution in [0.15, 0.2) is 0 Å². The van der Waals surface area contributed by atoms with Crippen molar-refractivity contribution in [1.29, 1.82) is 0 Å². The minimum atomic E-state index is -1.13. The quantitative estimate of drug-likeness (QED) is 0.569. The van der Waals surface area contributed by atoms with E-state index in [1.807, 2.05) is 13.8 Å². The normalized spacial score (nSPS) is 29.0. The lowest BCUT2D eigenvalue weighted by Gasteiger charge is -2.41. The van der Waals surface area contributed by atoms with Gasteiger partial charge in [0.25, 0.3) is 0 Å². The summed E-state index contributed by atoms with van der Waals surface area (Å²) < 4.78 is 10.4. The van der Waals surface area contributed by atoms with Gasteiger partial charge in [0, 0.05) is 0 Å². The van der Waals surface area contributed by atoms with Crippen molar-refractivity contribution in [2.24, 2.45) is 16.7 Å². The van der Waals surface area contributed by atoms with Crippen molar-refractivity contribution in [3.05, 3.63) is 0 Å². The molecule has 0 aromatic heterocycles. The Bertz CT molecular complexity index is 332. The molecule has 4 heteroatoms. The Labute approximate surface area is 115 Å². The van der Waals surface area contributed by atoms with Crippen molar-refractivity contribution in [2.75, 3.05) is 13.2 Å². The molecule has 1 rings (SSSR count). The molecule has 0 N–H and O–H groups in total. The summed E-state index contributed by atoms with van der Waals surface area (Å²) in [6.45, 7) is 10.2. The van der Waals surface area contributed by atoms with E-state index in [4.69, 9.17) is 9.47 Å². The minimum absolute atomic E-state index is 0.286. The van der Waals surface area contributed by atoms with E-state index in [2.05, 4.69) is 6.92 Å². The standard InChI is InChI=1S/C15H26O4/c1-6-14(5)11(4)9-10-15(14,12(16)18-7-2)13(17)19-8-3/h11H,6-10H2,1-5H3/t11-,14-/m1/s1. The highest BCUT2D eigenvalue weighted by molar-refractivity contribution is 6.01. The summed E-state index contributed by atoms with van der Waals surface area (Å²) >= 11 is 0. The number of carbonyl (C=O) groups is 2. The zero-order chi connectivity index (χ0) is 14.7. The third-order valence-corrected chi connectivity index (χ3v) is 5.00. The second-order valence-electron chi connectivity index (χ2n) is 5.56. The Hall–Kier alpha value is -1.06. The van der Waals surface area contributed by atoms with E-state index in [9.17, 15) is 9.59 Å². The average Bonchev–Trinajstić information content (AvgIpc) is 2.65. The fourth-order valence-electron chi connectivity index (χ4n) is 3.37. The van der Waals surface area contributed by atoms with Crippen molar-refractivity contribution >= 4 is 11.9 Å². The maximum Gasteiger partial charge on any atom is 0.324 e. The van der Waals surface area contributed by atoms with E-state index in [0.29, 0.717) is 12.3 Å². The Morgan fingerprint density at radius 2 is 1.58 bits per heavy atom. The molecule has 1 aliphatic rings. The third kappa shape index (κ3) is 2.26. The molecule has 4 nitrogen and oxygen atoms in total. The molecular formula is C15H26O4. The summed E-state index contributed by atoms with van der Waals surface area (Å²) in [5.41, 5.74) is -1.53. The second kappa shape index (κ2) is 5.93. The van der Waals surface area contributed by atoms with Gasteiger partial charge in [-0.3, -0.25) is 9.59 Å². The SMILES string of the molecule is CCOC(=O)C1(C(=O)OCC)CC[C@@H](C)[C@@]1(C)CC. The molecule has 0 heterocycles. The summed E-state index contributed by atoms with van der Waals surface area (Å²) in [7, 11) is 0. The van der Waals surface area contributed by atoms with E-state index in [-0.39, 0.29) is 13.2 Å². The molecule has 1 saturated carbocycles. The van der Waals surface area contributed by atoms with Crippen LogP contribution in [-0.4, -0.2) is 25.2 Å². The molecule has 110 valence electrons. The van der Waals surface area contributed by atoms with Crippen LogP contribution in [0.2, 0.25) is 0 Å². The van der Waals surface area contributed by atoms with Crippen LogP contribution in [0, 0.1) is 16.7 Å². The molecule has 0 aromatic rings. The van der Waals surface area contributed by atoms with Gasteiger partial charge in [-0.2, -0.15) is 0 Å². The lowest BCUT2D eigenvalue weighted by molar-refractivity contribution is -0.182. The maximum absolute atomic E-state index is 12.5. The monoisotopic (exact) mass is 270 g/mol. The first-order valence-corrected chi connectivity index (χ1v) is 7.25. The molecule has 2 atom stereocenters. The van der Waals surface area contributed by atoms with E-state index in [0.717, 1.165) is 12.8 Å². The summed E-state index contributed by atoms with van der Waals surface area (Å²) in [6, 6.07) is 0. The molecule has 0 unspecified atom stereocenters. The lowest BCUT2D eigenvalue weighted by atomic mass is 9.62. The molecule has 1 fully saturated rings. The predicted molar refractivity (Wildman–Crippen MR) is 72.5 cm³/mol. The van der Waals surface area contributed by atoms with Crippen LogP contribution in [0.25, 0.3) is 0 Å². The van der Waals surface area contributed by atoms with Gasteiger partial charge in [0.2, 0.25) is 0 Å². The molecule has 0 radical (unpaired) electrons. The van der Waals surface area contributed by atoms with Crippen LogP contribution in [0.4, 0.5) is 0 Å². The number of carbonyl (C=O) groups excluding carboxylic acids is 2. The number of hydrogen-bond acceptors (Lipinski definition) is 4. The van der Waals surface area contributed by atoms with E-state index < -0.39 is 22.8 Å². The van der Waals surface area contributed by atoms with Gasteiger partial charge in [-0.25, -0.2) is 0 Å². The first-order chi connectivity index (χ1) is 8.90. The van der Waals surface area contributed by atoms with Crippen LogP contribution in [0.5, 0.6) is 0 Å². The van der Waals surface area contributed by atoms with Crippen molar-refractivity contribution in [3.63, 3.8) is 0 Å². The van der Waals surface area contributed by atoms with Gasteiger partial charge in [-0.1, -0.05) is 20.8 Å². The fraction of sp³-hybridized carbons (Fsp3) is 0.867. The molecule has 0 spiro atoms. The Balaban J connectivity index is 3.26. The van der Waals surface area contributed by atoms with Crippen molar-refractivity contribution < 1.29 is 19.1 Å². The number of ether oxygens (including phenoxy) is 2. The van der Waals surface area contributed by atoms with Crippen LogP contribution in [0.1, 0.15) is 53.9 Å². The highest BCUT2D eigenvalue weighted by atomic mass is 16.6. The lowest BCUT2D eigenvalue weighted by Crippen LogP contribution is -2.51. The number of hydrogen-bond donors (Lipinski definition) is 0. The largest absolute Gasteiger partial charge is 0.465 e. The van der Waals surface area contributed by atoms with E-state index in [1.165, 1.54) is 0 Å². The van der Waals surface area contributed by atoms with Gasteiger partial charge in [-0.15, -0.1) is 0 Å². The Morgan fingerprint density at radius 1 is 1.11 bits per heavy atom. The molecule has 0 amide bonds. The van der Waals surface area contributed by atoms with Crippen molar-refractivity contribution in [2.45, 2.75) is 53.9 Å². The summed E-state index contributed by atoms with van der Waals surface area (Å²) in [5.74, 6) is -0.532. The number of esters is 2. The zero-order valence-electron chi connectivity index (χ0n) is 12.7. The molecule has 1 aliphatic carbocycles. The molecular weight excluding hydrogens is 244 g/mol. The molecule has 0 aromatic carbocycles. The average molecular weight is 270 g/mol. The minimum Gasteiger partial charge on any atom is -0.465 e. The van der Waals surface area contributed by atoms with Crippen LogP contribution >= 0.6 is 0 Å². The van der Waals surface area contributed by atoms with Gasteiger partial charge < -0.3 is 9.47 Å². The highest BCUT2D eigenvalue weighted by Gasteiger charge is 2.65. The summed E-state index contributed by atoms with van der Waals surface area (Å²) in [4.78, 5) is 25.0. The topological polar surface area (TPSA) is 52.6 Å². The van der Waals surface area contributed by atoms with Crippen LogP contribution in [0.3, 0.4) is 0 Å². The van der Waals surface area contributed by atoms with E-state index >= 15 is 0 Å². The predicted octanol–water partition coefficient (Wildman–Crippen LogP) is 2.95. The van der Waals surface area contributed by atoms with Gasteiger partial charge in [0.15, 0.2) is 5.41 Å². The third-order valence-electron chi connectivity index (χ3n) is 5.00. The van der Waals surface area contributed by atoms with Crippen LogP contribution < -0.4 is 0 Å². The highest BCUT2D eigenvalue weighted by Crippen LogP contribution is 2.59. The van der Waals surface area contributed by atoms with Gasteiger partial charge in [0.1, 0.15) is 0 Å². The molecule has 19 heavy (non-hydrogen) atoms. The fourth-order valence-corrected chi connectivity index (χ4v) is 3.37. The molecule has 0 aliphatic heterocycles. The number of rotatable bonds is 5. The van der Waals surface area contributed by atoms with Gasteiger partial charge >= 0.3 is 11.9 Å². The first kappa shape index (κ1) is 16.0. The smallest absolute Gasteiger partial charge is 0.324 e. The summed E-state index contributed by atoms with van der Waals surface area (Å²) in [6.07, 6.45) is 2.13.